The third-order valence-corrected chi connectivity index (χ3v) is 4.40. The summed E-state index contributed by atoms with van der Waals surface area (Å²) in [4.78, 5) is 9.67. The lowest BCUT2D eigenvalue weighted by atomic mass is 9.88. The normalized spacial score (nSPS) is 30.8. The van der Waals surface area contributed by atoms with E-state index in [-0.39, 0.29) is 0 Å². The van der Waals surface area contributed by atoms with Gasteiger partial charge in [0.15, 0.2) is 0 Å². The first kappa shape index (κ1) is 10.9. The van der Waals surface area contributed by atoms with Crippen LogP contribution in [0.4, 0.5) is 10.2 Å². The number of aromatic nitrogens is 2. The maximum atomic E-state index is 13.0. The number of anilines is 1. The number of halogens is 1. The minimum Gasteiger partial charge on any atom is -0.359 e. The average molecular weight is 235 g/mol. The summed E-state index contributed by atoms with van der Waals surface area (Å²) in [6, 6.07) is 1.41. The first-order valence-corrected chi connectivity index (χ1v) is 6.41. The maximum Gasteiger partial charge on any atom is 0.218 e. The van der Waals surface area contributed by atoms with Crippen LogP contribution in [-0.4, -0.2) is 23.6 Å². The van der Waals surface area contributed by atoms with E-state index in [2.05, 4.69) is 14.9 Å². The molecule has 0 amide bonds. The molecule has 0 radical (unpaired) electrons. The second-order valence-electron chi connectivity index (χ2n) is 5.51. The second kappa shape index (κ2) is 4.24. The third-order valence-electron chi connectivity index (χ3n) is 4.40. The van der Waals surface area contributed by atoms with Crippen LogP contribution in [0, 0.1) is 23.7 Å². The van der Waals surface area contributed by atoms with Crippen LogP contribution in [0.25, 0.3) is 0 Å². The molecular weight excluding hydrogens is 217 g/mol. The Hall–Kier alpha value is -1.19. The molecule has 2 fully saturated rings. The van der Waals surface area contributed by atoms with Gasteiger partial charge in [0.05, 0.1) is 0 Å². The lowest BCUT2D eigenvalue weighted by Gasteiger charge is -2.27. The highest BCUT2D eigenvalue weighted by molar-refractivity contribution is 5.35. The van der Waals surface area contributed by atoms with Gasteiger partial charge >= 0.3 is 0 Å². The lowest BCUT2D eigenvalue weighted by Crippen LogP contribution is -2.29. The van der Waals surface area contributed by atoms with E-state index < -0.39 is 5.95 Å². The fourth-order valence-electron chi connectivity index (χ4n) is 3.58. The molecule has 1 heterocycles. The van der Waals surface area contributed by atoms with Gasteiger partial charge < -0.3 is 4.90 Å². The molecular formula is C13H18FN3. The van der Waals surface area contributed by atoms with Gasteiger partial charge in [0.2, 0.25) is 5.95 Å². The number of rotatable bonds is 3. The Labute approximate surface area is 101 Å². The minimum absolute atomic E-state index is 0.449. The molecule has 2 saturated carbocycles. The Bertz CT molecular complexity index is 409. The second-order valence-corrected chi connectivity index (χ2v) is 5.51. The summed E-state index contributed by atoms with van der Waals surface area (Å²) in [5, 5.41) is 0. The minimum atomic E-state index is -0.449. The third kappa shape index (κ3) is 2.13. The Balaban J connectivity index is 1.65. The SMILES string of the molecule is CN(CC1CC2CCC1C2)c1cc(F)ncn1. The van der Waals surface area contributed by atoms with Gasteiger partial charge in [-0.2, -0.15) is 4.39 Å². The van der Waals surface area contributed by atoms with Gasteiger partial charge in [0.25, 0.3) is 0 Å². The van der Waals surface area contributed by atoms with Crippen molar-refractivity contribution >= 4 is 5.82 Å². The van der Waals surface area contributed by atoms with Crippen molar-refractivity contribution < 1.29 is 4.39 Å². The van der Waals surface area contributed by atoms with E-state index in [4.69, 9.17) is 0 Å². The lowest BCUT2D eigenvalue weighted by molar-refractivity contribution is 0.337. The largest absolute Gasteiger partial charge is 0.359 e. The summed E-state index contributed by atoms with van der Waals surface area (Å²) in [5.74, 6) is 2.88. The van der Waals surface area contributed by atoms with Crippen LogP contribution in [0.15, 0.2) is 12.4 Å². The molecule has 2 aliphatic rings. The molecule has 1 aromatic heterocycles. The molecule has 3 unspecified atom stereocenters. The predicted octanol–water partition coefficient (Wildman–Crippen LogP) is 2.49. The van der Waals surface area contributed by atoms with Gasteiger partial charge in [-0.3, -0.25) is 0 Å². The van der Waals surface area contributed by atoms with Crippen LogP contribution in [0.5, 0.6) is 0 Å². The van der Waals surface area contributed by atoms with Crippen LogP contribution in [-0.2, 0) is 0 Å². The van der Waals surface area contributed by atoms with Crippen molar-refractivity contribution in [2.75, 3.05) is 18.5 Å². The highest BCUT2D eigenvalue weighted by atomic mass is 19.1. The number of nitrogens with zero attached hydrogens (tertiary/aromatic N) is 3. The highest BCUT2D eigenvalue weighted by Gasteiger charge is 2.39. The van der Waals surface area contributed by atoms with Crippen LogP contribution < -0.4 is 4.90 Å². The van der Waals surface area contributed by atoms with Crippen LogP contribution in [0.2, 0.25) is 0 Å². The molecule has 4 heteroatoms. The molecule has 2 bridgehead atoms. The highest BCUT2D eigenvalue weighted by Crippen LogP contribution is 2.48. The van der Waals surface area contributed by atoms with E-state index in [1.165, 1.54) is 38.1 Å². The van der Waals surface area contributed by atoms with Crippen molar-refractivity contribution in [3.63, 3.8) is 0 Å². The molecule has 3 nitrogen and oxygen atoms in total. The summed E-state index contributed by atoms with van der Waals surface area (Å²) in [6.07, 6.45) is 6.87. The van der Waals surface area contributed by atoms with Gasteiger partial charge in [-0.1, -0.05) is 6.42 Å². The summed E-state index contributed by atoms with van der Waals surface area (Å²) in [5.41, 5.74) is 0. The molecule has 92 valence electrons. The summed E-state index contributed by atoms with van der Waals surface area (Å²) in [6.45, 7) is 0.998. The van der Waals surface area contributed by atoms with E-state index in [1.807, 2.05) is 7.05 Å². The molecule has 0 N–H and O–H groups in total. The quantitative estimate of drug-likeness (QED) is 0.754. The van der Waals surface area contributed by atoms with E-state index in [9.17, 15) is 4.39 Å². The van der Waals surface area contributed by atoms with Crippen molar-refractivity contribution in [1.82, 2.24) is 9.97 Å². The fourth-order valence-corrected chi connectivity index (χ4v) is 3.58. The zero-order chi connectivity index (χ0) is 11.8. The molecule has 0 spiro atoms. The Morgan fingerprint density at radius 3 is 2.88 bits per heavy atom. The topological polar surface area (TPSA) is 29.0 Å². The van der Waals surface area contributed by atoms with Gasteiger partial charge in [-0.25, -0.2) is 9.97 Å². The first-order chi connectivity index (χ1) is 8.22. The van der Waals surface area contributed by atoms with Gasteiger partial charge in [0, 0.05) is 19.7 Å². The average Bonchev–Trinajstić information content (AvgIpc) is 2.91. The standard InChI is InChI=1S/C13H18FN3/c1-17(13-6-12(14)15-8-16-13)7-11-5-9-2-3-10(11)4-9/h6,8-11H,2-5,7H2,1H3. The maximum absolute atomic E-state index is 13.0. The molecule has 0 saturated heterocycles. The number of hydrogen-bond acceptors (Lipinski definition) is 3. The molecule has 0 aromatic carbocycles. The molecule has 3 atom stereocenters. The Morgan fingerprint density at radius 2 is 2.24 bits per heavy atom. The zero-order valence-electron chi connectivity index (χ0n) is 10.1. The smallest absolute Gasteiger partial charge is 0.218 e. The van der Waals surface area contributed by atoms with Crippen molar-refractivity contribution in [3.05, 3.63) is 18.3 Å². The monoisotopic (exact) mass is 235 g/mol. The number of hydrogen-bond donors (Lipinski definition) is 0. The van der Waals surface area contributed by atoms with Gasteiger partial charge in [-0.05, 0) is 37.0 Å². The van der Waals surface area contributed by atoms with E-state index in [1.54, 1.807) is 0 Å². The summed E-state index contributed by atoms with van der Waals surface area (Å²) >= 11 is 0. The zero-order valence-corrected chi connectivity index (χ0v) is 10.1. The summed E-state index contributed by atoms with van der Waals surface area (Å²) < 4.78 is 13.0. The van der Waals surface area contributed by atoms with E-state index >= 15 is 0 Å². The van der Waals surface area contributed by atoms with Gasteiger partial charge in [-0.15, -0.1) is 0 Å². The fraction of sp³-hybridized carbons (Fsp3) is 0.692. The van der Waals surface area contributed by atoms with Crippen LogP contribution in [0.3, 0.4) is 0 Å². The van der Waals surface area contributed by atoms with Gasteiger partial charge in [0.1, 0.15) is 12.1 Å². The van der Waals surface area contributed by atoms with Crippen molar-refractivity contribution in [3.8, 4) is 0 Å². The summed E-state index contributed by atoms with van der Waals surface area (Å²) in [7, 11) is 1.99. The van der Waals surface area contributed by atoms with Crippen LogP contribution in [0.1, 0.15) is 25.7 Å². The van der Waals surface area contributed by atoms with E-state index in [0.29, 0.717) is 5.82 Å². The number of fused-ring (bicyclic) bond motifs is 2. The molecule has 17 heavy (non-hydrogen) atoms. The molecule has 3 rings (SSSR count). The first-order valence-electron chi connectivity index (χ1n) is 6.41. The van der Waals surface area contributed by atoms with Crippen molar-refractivity contribution in [1.29, 1.82) is 0 Å². The van der Waals surface area contributed by atoms with E-state index in [0.717, 1.165) is 24.3 Å². The molecule has 2 aliphatic carbocycles. The molecule has 0 aliphatic heterocycles. The predicted molar refractivity (Wildman–Crippen MR) is 64.2 cm³/mol. The van der Waals surface area contributed by atoms with Crippen molar-refractivity contribution in [2.45, 2.75) is 25.7 Å². The Morgan fingerprint density at radius 1 is 1.35 bits per heavy atom. The van der Waals surface area contributed by atoms with Crippen molar-refractivity contribution in [2.24, 2.45) is 17.8 Å². The molecule has 1 aromatic rings. The Kier molecular flexibility index (Phi) is 2.73. The van der Waals surface area contributed by atoms with Crippen LogP contribution >= 0.6 is 0 Å².